The van der Waals surface area contributed by atoms with Crippen LogP contribution in [0, 0.1) is 5.92 Å². The van der Waals surface area contributed by atoms with Crippen molar-refractivity contribution in [3.63, 3.8) is 0 Å². The van der Waals surface area contributed by atoms with Crippen LogP contribution in [0.25, 0.3) is 0 Å². The first-order valence-corrected chi connectivity index (χ1v) is 6.33. The topological polar surface area (TPSA) is 15.3 Å². The van der Waals surface area contributed by atoms with Crippen LogP contribution in [0.3, 0.4) is 0 Å². The molecule has 0 aromatic heterocycles. The smallest absolute Gasteiger partial charge is 0.0348 e. The second-order valence-electron chi connectivity index (χ2n) is 4.86. The molecule has 2 fully saturated rings. The van der Waals surface area contributed by atoms with Crippen molar-refractivity contribution in [2.45, 2.75) is 51.6 Å². The van der Waals surface area contributed by atoms with Gasteiger partial charge in [0.05, 0.1) is 0 Å². The molecule has 1 unspecified atom stereocenters. The summed E-state index contributed by atoms with van der Waals surface area (Å²) in [6.07, 6.45) is 5.62. The lowest BCUT2D eigenvalue weighted by atomic mass is 10.0. The Morgan fingerprint density at radius 2 is 2.00 bits per heavy atom. The lowest BCUT2D eigenvalue weighted by molar-refractivity contribution is 0.0802. The molecule has 1 aliphatic heterocycles. The third-order valence-corrected chi connectivity index (χ3v) is 3.72. The van der Waals surface area contributed by atoms with Gasteiger partial charge in [0.25, 0.3) is 0 Å². The standard InChI is InChI=1S/C12H24N2/c1-3-7-14(11-8-13-9-11)12(4-2)10-5-6-10/h10-13H,3-9H2,1-2H3. The van der Waals surface area contributed by atoms with E-state index in [-0.39, 0.29) is 0 Å². The largest absolute Gasteiger partial charge is 0.314 e. The Hall–Kier alpha value is -0.0800. The maximum absolute atomic E-state index is 3.40. The molecular formula is C12H24N2. The van der Waals surface area contributed by atoms with E-state index in [9.17, 15) is 0 Å². The van der Waals surface area contributed by atoms with Crippen molar-refractivity contribution in [3.8, 4) is 0 Å². The van der Waals surface area contributed by atoms with Crippen LogP contribution >= 0.6 is 0 Å². The Kier molecular flexibility index (Phi) is 3.45. The van der Waals surface area contributed by atoms with Gasteiger partial charge in [-0.2, -0.15) is 0 Å². The molecule has 1 heterocycles. The average Bonchev–Trinajstić information content (AvgIpc) is 2.87. The number of rotatable bonds is 6. The number of nitrogens with zero attached hydrogens (tertiary/aromatic N) is 1. The minimum Gasteiger partial charge on any atom is -0.314 e. The lowest BCUT2D eigenvalue weighted by Gasteiger charge is -2.43. The van der Waals surface area contributed by atoms with Crippen molar-refractivity contribution in [1.29, 1.82) is 0 Å². The average molecular weight is 196 g/mol. The predicted octanol–water partition coefficient (Wildman–Crippen LogP) is 1.86. The van der Waals surface area contributed by atoms with E-state index in [4.69, 9.17) is 0 Å². The van der Waals surface area contributed by atoms with Gasteiger partial charge in [0.2, 0.25) is 0 Å². The maximum atomic E-state index is 3.40. The van der Waals surface area contributed by atoms with Crippen molar-refractivity contribution >= 4 is 0 Å². The van der Waals surface area contributed by atoms with Crippen LogP contribution in [0.5, 0.6) is 0 Å². The Labute approximate surface area is 88.1 Å². The van der Waals surface area contributed by atoms with Gasteiger partial charge in [-0.15, -0.1) is 0 Å². The lowest BCUT2D eigenvalue weighted by Crippen LogP contribution is -2.60. The highest BCUT2D eigenvalue weighted by Gasteiger charge is 2.37. The molecule has 82 valence electrons. The van der Waals surface area contributed by atoms with Crippen LogP contribution in [0.2, 0.25) is 0 Å². The fourth-order valence-corrected chi connectivity index (χ4v) is 2.70. The Balaban J connectivity index is 1.91. The van der Waals surface area contributed by atoms with Gasteiger partial charge >= 0.3 is 0 Å². The third-order valence-electron chi connectivity index (χ3n) is 3.72. The van der Waals surface area contributed by atoms with Gasteiger partial charge in [0, 0.05) is 25.2 Å². The van der Waals surface area contributed by atoms with Gasteiger partial charge in [-0.05, 0) is 38.1 Å². The van der Waals surface area contributed by atoms with Gasteiger partial charge in [0.1, 0.15) is 0 Å². The molecule has 0 spiro atoms. The van der Waals surface area contributed by atoms with Crippen LogP contribution in [0.1, 0.15) is 39.5 Å². The van der Waals surface area contributed by atoms with Crippen LogP contribution < -0.4 is 5.32 Å². The second kappa shape index (κ2) is 4.63. The van der Waals surface area contributed by atoms with E-state index in [0.717, 1.165) is 18.0 Å². The summed E-state index contributed by atoms with van der Waals surface area (Å²) in [5.74, 6) is 1.03. The highest BCUT2D eigenvalue weighted by atomic mass is 15.3. The van der Waals surface area contributed by atoms with E-state index in [1.54, 1.807) is 0 Å². The molecular weight excluding hydrogens is 172 g/mol. The number of hydrogen-bond acceptors (Lipinski definition) is 2. The van der Waals surface area contributed by atoms with Crippen LogP contribution in [0.4, 0.5) is 0 Å². The zero-order chi connectivity index (χ0) is 9.97. The molecule has 1 aliphatic carbocycles. The maximum Gasteiger partial charge on any atom is 0.0348 e. The van der Waals surface area contributed by atoms with E-state index in [1.165, 1.54) is 45.3 Å². The summed E-state index contributed by atoms with van der Waals surface area (Å²) in [4.78, 5) is 2.79. The molecule has 1 atom stereocenters. The van der Waals surface area contributed by atoms with Crippen LogP contribution in [-0.2, 0) is 0 Å². The van der Waals surface area contributed by atoms with E-state index in [1.807, 2.05) is 0 Å². The van der Waals surface area contributed by atoms with E-state index in [2.05, 4.69) is 24.1 Å². The zero-order valence-electron chi connectivity index (χ0n) is 9.63. The van der Waals surface area contributed by atoms with E-state index in [0.29, 0.717) is 0 Å². The summed E-state index contributed by atoms with van der Waals surface area (Å²) in [5, 5.41) is 3.40. The predicted molar refractivity (Wildman–Crippen MR) is 60.5 cm³/mol. The Morgan fingerprint density at radius 1 is 1.29 bits per heavy atom. The van der Waals surface area contributed by atoms with Crippen molar-refractivity contribution in [2.24, 2.45) is 5.92 Å². The molecule has 0 bridgehead atoms. The SMILES string of the molecule is CCCN(C1CNC1)C(CC)C1CC1. The fraction of sp³-hybridized carbons (Fsp3) is 1.00. The first-order chi connectivity index (χ1) is 6.86. The molecule has 0 radical (unpaired) electrons. The van der Waals surface area contributed by atoms with Gasteiger partial charge in [0.15, 0.2) is 0 Å². The number of hydrogen-bond donors (Lipinski definition) is 1. The summed E-state index contributed by atoms with van der Waals surface area (Å²) in [6, 6.07) is 1.74. The molecule has 2 aliphatic rings. The van der Waals surface area contributed by atoms with Crippen molar-refractivity contribution in [2.75, 3.05) is 19.6 Å². The first-order valence-electron chi connectivity index (χ1n) is 6.33. The van der Waals surface area contributed by atoms with Crippen molar-refractivity contribution < 1.29 is 0 Å². The Morgan fingerprint density at radius 3 is 2.36 bits per heavy atom. The summed E-state index contributed by atoms with van der Waals surface area (Å²) in [5.41, 5.74) is 0. The molecule has 0 aromatic rings. The highest BCUT2D eigenvalue weighted by molar-refractivity contribution is 4.94. The summed E-state index contributed by atoms with van der Waals surface area (Å²) >= 11 is 0. The van der Waals surface area contributed by atoms with E-state index >= 15 is 0 Å². The molecule has 0 amide bonds. The Bertz CT molecular complexity index is 173. The summed E-state index contributed by atoms with van der Waals surface area (Å²) in [6.45, 7) is 8.42. The molecule has 2 rings (SSSR count). The van der Waals surface area contributed by atoms with E-state index < -0.39 is 0 Å². The van der Waals surface area contributed by atoms with Crippen LogP contribution in [-0.4, -0.2) is 36.6 Å². The quantitative estimate of drug-likeness (QED) is 0.697. The molecule has 1 saturated heterocycles. The van der Waals surface area contributed by atoms with Gasteiger partial charge < -0.3 is 5.32 Å². The molecule has 1 saturated carbocycles. The minimum atomic E-state index is 0.848. The molecule has 1 N–H and O–H groups in total. The fourth-order valence-electron chi connectivity index (χ4n) is 2.70. The van der Waals surface area contributed by atoms with Crippen LogP contribution in [0.15, 0.2) is 0 Å². The molecule has 2 heteroatoms. The highest BCUT2D eigenvalue weighted by Crippen LogP contribution is 2.37. The zero-order valence-corrected chi connectivity index (χ0v) is 9.63. The summed E-state index contributed by atoms with van der Waals surface area (Å²) < 4.78 is 0. The van der Waals surface area contributed by atoms with Crippen molar-refractivity contribution in [1.82, 2.24) is 10.2 Å². The summed E-state index contributed by atoms with van der Waals surface area (Å²) in [7, 11) is 0. The normalized spacial score (nSPS) is 25.1. The molecule has 0 aromatic carbocycles. The third kappa shape index (κ3) is 2.12. The monoisotopic (exact) mass is 196 g/mol. The first kappa shape index (κ1) is 10.4. The molecule has 14 heavy (non-hydrogen) atoms. The molecule has 2 nitrogen and oxygen atoms in total. The van der Waals surface area contributed by atoms with Gasteiger partial charge in [-0.25, -0.2) is 0 Å². The minimum absolute atomic E-state index is 0.848. The van der Waals surface area contributed by atoms with Gasteiger partial charge in [-0.3, -0.25) is 4.90 Å². The number of nitrogens with one attached hydrogen (secondary N) is 1. The van der Waals surface area contributed by atoms with Gasteiger partial charge in [-0.1, -0.05) is 13.8 Å². The van der Waals surface area contributed by atoms with Crippen molar-refractivity contribution in [3.05, 3.63) is 0 Å². The second-order valence-corrected chi connectivity index (χ2v) is 4.86.